The molecule has 2 heterocycles. The molecule has 92 valence electrons. The zero-order chi connectivity index (χ0) is 11.4. The summed E-state index contributed by atoms with van der Waals surface area (Å²) in [6, 6.07) is 2.76. The van der Waals surface area contributed by atoms with E-state index < -0.39 is 4.92 Å². The minimum atomic E-state index is -0.596. The van der Waals surface area contributed by atoms with Gasteiger partial charge in [-0.2, -0.15) is 5.10 Å². The number of hydrazone groups is 1. The highest BCUT2D eigenvalue weighted by Crippen LogP contribution is 2.14. The van der Waals surface area contributed by atoms with Crippen molar-refractivity contribution in [3.05, 3.63) is 28.0 Å². The molecule has 0 radical (unpaired) electrons. The van der Waals surface area contributed by atoms with E-state index in [0.717, 1.165) is 17.5 Å². The fourth-order valence-corrected chi connectivity index (χ4v) is 1.74. The first-order valence-electron chi connectivity index (χ1n) is 4.46. The average molecular weight is 321 g/mol. The van der Waals surface area contributed by atoms with Crippen molar-refractivity contribution in [2.45, 2.75) is 0 Å². The Bertz CT molecular complexity index is 459. The van der Waals surface area contributed by atoms with Gasteiger partial charge in [-0.3, -0.25) is 20.5 Å². The topological polar surface area (TPSA) is 93.0 Å². The standard InChI is InChI=1S/C8H8N4O3S.BrH/c13-12(14)7-2-1-6(15-7)5-10-11-8-9-3-4-16-8;/h1-2,5H,3-4H2,(H,9,11);1H/b10-5+;. The maximum absolute atomic E-state index is 10.3. The van der Waals surface area contributed by atoms with Gasteiger partial charge in [-0.05, 0) is 6.07 Å². The van der Waals surface area contributed by atoms with Crippen molar-refractivity contribution < 1.29 is 9.34 Å². The van der Waals surface area contributed by atoms with E-state index in [1.165, 1.54) is 18.3 Å². The molecule has 0 saturated heterocycles. The first-order valence-corrected chi connectivity index (χ1v) is 5.45. The quantitative estimate of drug-likeness (QED) is 0.520. The number of aliphatic imine (C=N–C) groups is 1. The van der Waals surface area contributed by atoms with Gasteiger partial charge in [0.05, 0.1) is 18.8 Å². The van der Waals surface area contributed by atoms with Gasteiger partial charge in [0.25, 0.3) is 0 Å². The number of amidine groups is 1. The zero-order valence-corrected chi connectivity index (χ0v) is 11.1. The summed E-state index contributed by atoms with van der Waals surface area (Å²) in [6.45, 7) is 0.786. The van der Waals surface area contributed by atoms with Gasteiger partial charge in [0.15, 0.2) is 10.9 Å². The van der Waals surface area contributed by atoms with Crippen LogP contribution in [0.3, 0.4) is 0 Å². The highest BCUT2D eigenvalue weighted by atomic mass is 79.9. The van der Waals surface area contributed by atoms with E-state index in [-0.39, 0.29) is 22.9 Å². The van der Waals surface area contributed by atoms with E-state index in [2.05, 4.69) is 15.5 Å². The Morgan fingerprint density at radius 1 is 1.65 bits per heavy atom. The molecule has 0 amide bonds. The van der Waals surface area contributed by atoms with Crippen molar-refractivity contribution in [1.82, 2.24) is 5.43 Å². The average Bonchev–Trinajstić information content (AvgIpc) is 2.87. The van der Waals surface area contributed by atoms with E-state index in [1.54, 1.807) is 11.8 Å². The molecule has 2 rings (SSSR count). The maximum Gasteiger partial charge on any atom is 0.433 e. The number of halogens is 1. The minimum absolute atomic E-state index is 0. The lowest BCUT2D eigenvalue weighted by Gasteiger charge is -1.94. The Labute approximate surface area is 111 Å². The Morgan fingerprint density at radius 2 is 2.47 bits per heavy atom. The molecule has 0 atom stereocenters. The summed E-state index contributed by atoms with van der Waals surface area (Å²) in [7, 11) is 0. The second-order valence-corrected chi connectivity index (χ2v) is 3.92. The van der Waals surface area contributed by atoms with Crippen LogP contribution < -0.4 is 5.43 Å². The molecule has 0 aromatic carbocycles. The van der Waals surface area contributed by atoms with Gasteiger partial charge >= 0.3 is 5.88 Å². The third-order valence-corrected chi connectivity index (χ3v) is 2.61. The van der Waals surface area contributed by atoms with E-state index in [9.17, 15) is 10.1 Å². The van der Waals surface area contributed by atoms with Crippen molar-refractivity contribution in [3.8, 4) is 0 Å². The van der Waals surface area contributed by atoms with Crippen LogP contribution in [0, 0.1) is 10.1 Å². The number of thioether (sulfide) groups is 1. The predicted octanol–water partition coefficient (Wildman–Crippen LogP) is 1.79. The predicted molar refractivity (Wildman–Crippen MR) is 71.2 cm³/mol. The molecule has 17 heavy (non-hydrogen) atoms. The van der Waals surface area contributed by atoms with Crippen LogP contribution >= 0.6 is 28.7 Å². The molecular weight excluding hydrogens is 312 g/mol. The highest BCUT2D eigenvalue weighted by Gasteiger charge is 2.10. The molecule has 1 aliphatic rings. The van der Waals surface area contributed by atoms with Crippen LogP contribution in [-0.2, 0) is 0 Å². The fraction of sp³-hybridized carbons (Fsp3) is 0.250. The van der Waals surface area contributed by atoms with Crippen LogP contribution in [0.1, 0.15) is 5.76 Å². The van der Waals surface area contributed by atoms with Crippen molar-refractivity contribution in [3.63, 3.8) is 0 Å². The summed E-state index contributed by atoms with van der Waals surface area (Å²) in [5.41, 5.74) is 2.72. The van der Waals surface area contributed by atoms with Crippen LogP contribution in [0.5, 0.6) is 0 Å². The molecule has 1 aromatic rings. The Kier molecular flexibility index (Phi) is 5.16. The van der Waals surface area contributed by atoms with Gasteiger partial charge in [-0.25, -0.2) is 0 Å². The summed E-state index contributed by atoms with van der Waals surface area (Å²) in [6.07, 6.45) is 1.37. The molecule has 0 aliphatic carbocycles. The molecule has 0 unspecified atom stereocenters. The van der Waals surface area contributed by atoms with E-state index in [1.807, 2.05) is 0 Å². The molecule has 1 N–H and O–H groups in total. The largest absolute Gasteiger partial charge is 0.433 e. The second kappa shape index (κ2) is 6.40. The SMILES string of the molecule is Br.O=[N+]([O-])c1ccc(/C=N/NC2=NCCS2)o1. The van der Waals surface area contributed by atoms with Gasteiger partial charge in [-0.1, -0.05) is 11.8 Å². The van der Waals surface area contributed by atoms with Gasteiger partial charge < -0.3 is 4.42 Å². The number of furan rings is 1. The van der Waals surface area contributed by atoms with Crippen LogP contribution in [0.2, 0.25) is 0 Å². The number of hydrogen-bond donors (Lipinski definition) is 1. The molecule has 7 nitrogen and oxygen atoms in total. The smallest absolute Gasteiger partial charge is 0.400 e. The molecule has 1 aromatic heterocycles. The lowest BCUT2D eigenvalue weighted by Crippen LogP contribution is -2.11. The molecule has 9 heteroatoms. The number of nitrogens with zero attached hydrogens (tertiary/aromatic N) is 3. The van der Waals surface area contributed by atoms with Crippen molar-refractivity contribution in [1.29, 1.82) is 0 Å². The second-order valence-electron chi connectivity index (χ2n) is 2.84. The van der Waals surface area contributed by atoms with E-state index in [0.29, 0.717) is 5.76 Å². The third-order valence-electron chi connectivity index (χ3n) is 1.73. The highest BCUT2D eigenvalue weighted by molar-refractivity contribution is 8.93. The summed E-state index contributed by atoms with van der Waals surface area (Å²) in [5, 5.41) is 14.9. The first kappa shape index (κ1) is 13.7. The van der Waals surface area contributed by atoms with Gasteiger partial charge in [-0.15, -0.1) is 17.0 Å². The normalized spacial score (nSPS) is 14.5. The van der Waals surface area contributed by atoms with Gasteiger partial charge in [0, 0.05) is 5.75 Å². The summed E-state index contributed by atoms with van der Waals surface area (Å²) in [5.74, 6) is 0.973. The summed E-state index contributed by atoms with van der Waals surface area (Å²) < 4.78 is 4.87. The van der Waals surface area contributed by atoms with E-state index in [4.69, 9.17) is 4.42 Å². The molecule has 1 aliphatic heterocycles. The van der Waals surface area contributed by atoms with Crippen molar-refractivity contribution in [2.24, 2.45) is 10.1 Å². The van der Waals surface area contributed by atoms with Crippen LogP contribution in [-0.4, -0.2) is 28.6 Å². The molecule has 0 saturated carbocycles. The third kappa shape index (κ3) is 3.86. The molecule has 0 bridgehead atoms. The maximum atomic E-state index is 10.3. The monoisotopic (exact) mass is 320 g/mol. The van der Waals surface area contributed by atoms with Crippen molar-refractivity contribution in [2.75, 3.05) is 12.3 Å². The van der Waals surface area contributed by atoms with Crippen molar-refractivity contribution >= 4 is 46.0 Å². The lowest BCUT2D eigenvalue weighted by molar-refractivity contribution is -0.402. The van der Waals surface area contributed by atoms with Gasteiger partial charge in [0.1, 0.15) is 4.92 Å². The number of nitro groups is 1. The number of hydrogen-bond acceptors (Lipinski definition) is 7. The van der Waals surface area contributed by atoms with Crippen LogP contribution in [0.4, 0.5) is 5.88 Å². The van der Waals surface area contributed by atoms with Crippen LogP contribution in [0.15, 0.2) is 26.6 Å². The fourth-order valence-electron chi connectivity index (χ4n) is 1.06. The summed E-state index contributed by atoms with van der Waals surface area (Å²) >= 11 is 1.57. The van der Waals surface area contributed by atoms with E-state index >= 15 is 0 Å². The first-order chi connectivity index (χ1) is 7.75. The van der Waals surface area contributed by atoms with Crippen LogP contribution in [0.25, 0.3) is 0 Å². The molecule has 0 fully saturated rings. The molecule has 0 spiro atoms. The van der Waals surface area contributed by atoms with Gasteiger partial charge in [0.2, 0.25) is 0 Å². The lowest BCUT2D eigenvalue weighted by atomic mass is 10.5. The minimum Gasteiger partial charge on any atom is -0.400 e. The number of nitrogens with one attached hydrogen (secondary N) is 1. The number of rotatable bonds is 3. The summed E-state index contributed by atoms with van der Waals surface area (Å²) in [4.78, 5) is 13.8. The molecular formula is C8H9BrN4O3S. The zero-order valence-electron chi connectivity index (χ0n) is 8.53. The Hall–Kier alpha value is -1.35. The Morgan fingerprint density at radius 3 is 3.06 bits per heavy atom. The Balaban J connectivity index is 0.00000144.